The Morgan fingerprint density at radius 3 is 1.83 bits per heavy atom. The zero-order valence-electron chi connectivity index (χ0n) is 13.3. The van der Waals surface area contributed by atoms with Gasteiger partial charge in [-0.3, -0.25) is 9.59 Å². The maximum atomic E-state index is 11.7. The van der Waals surface area contributed by atoms with Crippen LogP contribution in [0.25, 0.3) is 0 Å². The van der Waals surface area contributed by atoms with Gasteiger partial charge in [0.25, 0.3) is 0 Å². The molecule has 0 saturated carbocycles. The van der Waals surface area contributed by atoms with Gasteiger partial charge in [0.05, 0.1) is 20.3 Å². The summed E-state index contributed by atoms with van der Waals surface area (Å²) in [7, 11) is 2.32. The number of methoxy groups -OCH3 is 2. The summed E-state index contributed by atoms with van der Waals surface area (Å²) in [5.74, 6) is -2.04. The molecule has 0 radical (unpaired) electrons. The van der Waals surface area contributed by atoms with Crippen LogP contribution in [0.3, 0.4) is 0 Å². The third-order valence-corrected chi connectivity index (χ3v) is 2.89. The quantitative estimate of drug-likeness (QED) is 0.484. The summed E-state index contributed by atoms with van der Waals surface area (Å²) in [6.45, 7) is 2.71. The molecule has 1 N–H and O–H groups in total. The number of benzene rings is 1. The second kappa shape index (κ2) is 7.88. The molecule has 7 nitrogen and oxygen atoms in total. The first kappa shape index (κ1) is 18.1. The van der Waals surface area contributed by atoms with E-state index in [-0.39, 0.29) is 17.3 Å². The van der Waals surface area contributed by atoms with Gasteiger partial charge in [0.2, 0.25) is 0 Å². The Bertz CT molecular complexity index is 658. The molecule has 0 saturated heterocycles. The van der Waals surface area contributed by atoms with Gasteiger partial charge in [0.1, 0.15) is 5.70 Å². The van der Waals surface area contributed by atoms with Crippen LogP contribution in [0.2, 0.25) is 0 Å². The zero-order valence-corrected chi connectivity index (χ0v) is 13.3. The molecule has 1 aromatic carbocycles. The van der Waals surface area contributed by atoms with Gasteiger partial charge in [0.15, 0.2) is 11.6 Å². The number of ketones is 2. The number of hydrogen-bond donors (Lipinski definition) is 1. The predicted molar refractivity (Wildman–Crippen MR) is 82.2 cm³/mol. The highest BCUT2D eigenvalue weighted by Gasteiger charge is 2.15. The lowest BCUT2D eigenvalue weighted by Crippen LogP contribution is -2.16. The van der Waals surface area contributed by atoms with Crippen molar-refractivity contribution in [1.82, 2.24) is 0 Å². The summed E-state index contributed by atoms with van der Waals surface area (Å²) < 4.78 is 9.04. The molecule has 122 valence electrons. The lowest BCUT2D eigenvalue weighted by atomic mass is 10.0. The van der Waals surface area contributed by atoms with Crippen LogP contribution < -0.4 is 5.32 Å². The number of anilines is 1. The number of hydrogen-bond acceptors (Lipinski definition) is 7. The number of rotatable bonds is 6. The molecular formula is C16H17NO6. The summed E-state index contributed by atoms with van der Waals surface area (Å²) in [5.41, 5.74) is 0.697. The fourth-order valence-corrected chi connectivity index (χ4v) is 1.69. The molecule has 1 aromatic rings. The summed E-state index contributed by atoms with van der Waals surface area (Å²) in [4.78, 5) is 46.1. The second-order valence-electron chi connectivity index (χ2n) is 4.61. The summed E-state index contributed by atoms with van der Waals surface area (Å²) in [5, 5.41) is 2.67. The van der Waals surface area contributed by atoms with E-state index in [2.05, 4.69) is 14.8 Å². The fraction of sp³-hybridized carbons (Fsp3) is 0.250. The van der Waals surface area contributed by atoms with Crippen LogP contribution in [0.5, 0.6) is 0 Å². The van der Waals surface area contributed by atoms with Crippen molar-refractivity contribution in [2.24, 2.45) is 0 Å². The van der Waals surface area contributed by atoms with Crippen molar-refractivity contribution in [2.75, 3.05) is 19.5 Å². The fourth-order valence-electron chi connectivity index (χ4n) is 1.69. The lowest BCUT2D eigenvalue weighted by molar-refractivity contribution is -0.138. The number of Topliss-reactive ketones (excluding diaryl/α,β-unsaturated/α-hetero) is 2. The first-order valence-corrected chi connectivity index (χ1v) is 6.60. The molecule has 0 aliphatic heterocycles. The Kier molecular flexibility index (Phi) is 6.20. The molecule has 0 unspecified atom stereocenters. The highest BCUT2D eigenvalue weighted by molar-refractivity contribution is 6.02. The molecule has 0 fully saturated rings. The van der Waals surface area contributed by atoms with Gasteiger partial charge in [0, 0.05) is 16.8 Å². The number of carbonyl (C=O) groups excluding carboxylic acids is 4. The largest absolute Gasteiger partial charge is 0.466 e. The average Bonchev–Trinajstić information content (AvgIpc) is 2.52. The van der Waals surface area contributed by atoms with Crippen molar-refractivity contribution in [1.29, 1.82) is 0 Å². The van der Waals surface area contributed by atoms with Gasteiger partial charge in [-0.25, -0.2) is 9.59 Å². The third-order valence-electron chi connectivity index (χ3n) is 2.89. The minimum absolute atomic E-state index is 0.186. The van der Waals surface area contributed by atoms with E-state index in [4.69, 9.17) is 0 Å². The Hall–Kier alpha value is -2.96. The van der Waals surface area contributed by atoms with Crippen LogP contribution in [-0.4, -0.2) is 37.7 Å². The zero-order chi connectivity index (χ0) is 17.6. The van der Waals surface area contributed by atoms with E-state index in [0.717, 1.165) is 20.3 Å². The van der Waals surface area contributed by atoms with E-state index in [1.807, 2.05) is 0 Å². The van der Waals surface area contributed by atoms with Crippen molar-refractivity contribution in [3.05, 3.63) is 41.1 Å². The Morgan fingerprint density at radius 1 is 0.913 bits per heavy atom. The number of nitrogens with one attached hydrogen (secondary N) is 1. The highest BCUT2D eigenvalue weighted by Crippen LogP contribution is 2.18. The third kappa shape index (κ3) is 5.06. The minimum Gasteiger partial charge on any atom is -0.466 e. The standard InChI is InChI=1S/C16H17NO6/c1-9(18)11-5-12(10(2)19)7-13(6-11)17-14(16(21)23-4)8-15(20)22-3/h5-8,17H,1-4H3/b14-8+. The summed E-state index contributed by atoms with van der Waals surface area (Å²) in [6.07, 6.45) is 0.916. The average molecular weight is 319 g/mol. The molecule has 0 aliphatic carbocycles. The van der Waals surface area contributed by atoms with Crippen molar-refractivity contribution >= 4 is 29.2 Å². The molecule has 0 heterocycles. The van der Waals surface area contributed by atoms with Gasteiger partial charge in [-0.15, -0.1) is 0 Å². The molecule has 23 heavy (non-hydrogen) atoms. The molecule has 1 rings (SSSR count). The van der Waals surface area contributed by atoms with Crippen molar-refractivity contribution < 1.29 is 28.7 Å². The van der Waals surface area contributed by atoms with Crippen molar-refractivity contribution in [2.45, 2.75) is 13.8 Å². The van der Waals surface area contributed by atoms with E-state index in [0.29, 0.717) is 16.8 Å². The number of carbonyl (C=O) groups is 4. The Morgan fingerprint density at radius 2 is 1.43 bits per heavy atom. The van der Waals surface area contributed by atoms with Crippen LogP contribution >= 0.6 is 0 Å². The lowest BCUT2D eigenvalue weighted by Gasteiger charge is -2.11. The van der Waals surface area contributed by atoms with E-state index < -0.39 is 11.9 Å². The molecule has 0 spiro atoms. The first-order valence-electron chi connectivity index (χ1n) is 6.60. The van der Waals surface area contributed by atoms with Crippen LogP contribution in [0.4, 0.5) is 5.69 Å². The van der Waals surface area contributed by atoms with Crippen molar-refractivity contribution in [3.8, 4) is 0 Å². The van der Waals surface area contributed by atoms with E-state index in [1.54, 1.807) is 0 Å². The van der Waals surface area contributed by atoms with Crippen LogP contribution in [0, 0.1) is 0 Å². The molecular weight excluding hydrogens is 302 g/mol. The first-order chi connectivity index (χ1) is 10.8. The smallest absolute Gasteiger partial charge is 0.354 e. The van der Waals surface area contributed by atoms with Crippen molar-refractivity contribution in [3.63, 3.8) is 0 Å². The molecule has 0 atom stereocenters. The van der Waals surface area contributed by atoms with Crippen LogP contribution in [0.1, 0.15) is 34.6 Å². The predicted octanol–water partition coefficient (Wildman–Crippen LogP) is 1.73. The van der Waals surface area contributed by atoms with Gasteiger partial charge < -0.3 is 14.8 Å². The molecule has 0 amide bonds. The van der Waals surface area contributed by atoms with Gasteiger partial charge in [-0.2, -0.15) is 0 Å². The van der Waals surface area contributed by atoms with E-state index in [9.17, 15) is 19.2 Å². The monoisotopic (exact) mass is 319 g/mol. The molecule has 7 heteroatoms. The second-order valence-corrected chi connectivity index (χ2v) is 4.61. The Labute approximate surface area is 133 Å². The van der Waals surface area contributed by atoms with Gasteiger partial charge in [-0.1, -0.05) is 0 Å². The van der Waals surface area contributed by atoms with Crippen LogP contribution in [-0.2, 0) is 19.1 Å². The maximum Gasteiger partial charge on any atom is 0.354 e. The molecule has 0 bridgehead atoms. The van der Waals surface area contributed by atoms with Crippen LogP contribution in [0.15, 0.2) is 30.0 Å². The highest BCUT2D eigenvalue weighted by atomic mass is 16.5. The van der Waals surface area contributed by atoms with Gasteiger partial charge >= 0.3 is 11.9 Å². The molecule has 0 aliphatic rings. The maximum absolute atomic E-state index is 11.7. The summed E-state index contributed by atoms with van der Waals surface area (Å²) >= 11 is 0. The summed E-state index contributed by atoms with van der Waals surface area (Å²) in [6, 6.07) is 4.38. The number of esters is 2. The topological polar surface area (TPSA) is 98.8 Å². The Balaban J connectivity index is 3.29. The normalized spacial score (nSPS) is 10.7. The van der Waals surface area contributed by atoms with E-state index >= 15 is 0 Å². The van der Waals surface area contributed by atoms with Gasteiger partial charge in [-0.05, 0) is 32.0 Å². The minimum atomic E-state index is -0.798. The molecule has 0 aromatic heterocycles. The number of ether oxygens (including phenoxy) is 2. The SMILES string of the molecule is COC(=O)/C=C(/Nc1cc(C(C)=O)cc(C(C)=O)c1)C(=O)OC. The van der Waals surface area contributed by atoms with E-state index in [1.165, 1.54) is 32.0 Å².